The lowest BCUT2D eigenvalue weighted by atomic mass is 10.0. The lowest BCUT2D eigenvalue weighted by molar-refractivity contribution is 0.742. The van der Waals surface area contributed by atoms with Crippen molar-refractivity contribution in [3.8, 4) is 0 Å². The van der Waals surface area contributed by atoms with Gasteiger partial charge in [0.1, 0.15) is 0 Å². The topological polar surface area (TPSA) is 36.8 Å². The van der Waals surface area contributed by atoms with Gasteiger partial charge in [-0.1, -0.05) is 12.1 Å². The van der Waals surface area contributed by atoms with Crippen molar-refractivity contribution in [3.63, 3.8) is 0 Å². The van der Waals surface area contributed by atoms with Gasteiger partial charge in [-0.05, 0) is 24.1 Å². The molecule has 1 heterocycles. The Bertz CT molecular complexity index is 320. The third-order valence-electron chi connectivity index (χ3n) is 2.28. The van der Waals surface area contributed by atoms with Crippen LogP contribution in [0.2, 0.25) is 0 Å². The minimum Gasteiger partial charge on any atom is -0.388 e. The predicted octanol–water partition coefficient (Wildman–Crippen LogP) is 2.63. The Hall–Kier alpha value is -1.38. The van der Waals surface area contributed by atoms with Crippen molar-refractivity contribution >= 4 is 5.69 Å². The van der Waals surface area contributed by atoms with Crippen molar-refractivity contribution in [2.75, 3.05) is 18.9 Å². The number of nitrogens with zero attached hydrogens (tertiary/aromatic N) is 2. The van der Waals surface area contributed by atoms with Crippen molar-refractivity contribution in [1.82, 2.24) is 0 Å². The number of anilines is 1. The van der Waals surface area contributed by atoms with Crippen LogP contribution in [0.25, 0.3) is 0 Å². The molecule has 0 fully saturated rings. The Morgan fingerprint density at radius 1 is 1.46 bits per heavy atom. The van der Waals surface area contributed by atoms with Crippen molar-refractivity contribution in [2.24, 2.45) is 10.2 Å². The van der Waals surface area contributed by atoms with E-state index < -0.39 is 0 Å². The highest BCUT2D eigenvalue weighted by atomic mass is 15.2. The van der Waals surface area contributed by atoms with Gasteiger partial charge in [0, 0.05) is 12.7 Å². The quantitative estimate of drug-likeness (QED) is 0.737. The van der Waals surface area contributed by atoms with Crippen molar-refractivity contribution in [1.29, 1.82) is 0 Å². The summed E-state index contributed by atoms with van der Waals surface area (Å²) >= 11 is 0. The highest BCUT2D eigenvalue weighted by Crippen LogP contribution is 2.27. The minimum atomic E-state index is 0.285. The van der Waals surface area contributed by atoms with Gasteiger partial charge in [0.2, 0.25) is 0 Å². The molecule has 1 aromatic rings. The molecular weight excluding hydrogens is 162 g/mol. The van der Waals surface area contributed by atoms with Gasteiger partial charge in [0.05, 0.1) is 12.6 Å². The third-order valence-corrected chi connectivity index (χ3v) is 2.28. The van der Waals surface area contributed by atoms with E-state index in [2.05, 4.69) is 39.8 Å². The number of azo groups is 1. The van der Waals surface area contributed by atoms with Crippen LogP contribution in [0.1, 0.15) is 18.0 Å². The van der Waals surface area contributed by atoms with Crippen LogP contribution in [-0.2, 0) is 0 Å². The largest absolute Gasteiger partial charge is 0.388 e. The van der Waals surface area contributed by atoms with Crippen molar-refractivity contribution < 1.29 is 0 Å². The maximum absolute atomic E-state index is 4.18. The molecule has 3 heteroatoms. The zero-order valence-electron chi connectivity index (χ0n) is 7.70. The fourth-order valence-electron chi connectivity index (χ4n) is 1.53. The second-order valence-electron chi connectivity index (χ2n) is 3.16. The van der Waals surface area contributed by atoms with Crippen LogP contribution < -0.4 is 5.32 Å². The van der Waals surface area contributed by atoms with Crippen molar-refractivity contribution in [2.45, 2.75) is 12.5 Å². The molecule has 0 aromatic heterocycles. The fourth-order valence-corrected chi connectivity index (χ4v) is 1.53. The van der Waals surface area contributed by atoms with Gasteiger partial charge in [0.15, 0.2) is 0 Å². The molecular formula is C10H13N3. The molecule has 1 aliphatic heterocycles. The summed E-state index contributed by atoms with van der Waals surface area (Å²) in [6.07, 6.45) is 1.05. The standard InChI is InChI=1S/C10H13N3/c1-11-9-4-2-3-8(7-9)10-5-6-12-13-10/h2-4,7,10-11H,5-6H2,1H3. The molecule has 1 N–H and O–H groups in total. The van der Waals surface area contributed by atoms with Gasteiger partial charge >= 0.3 is 0 Å². The predicted molar refractivity (Wildman–Crippen MR) is 53.1 cm³/mol. The van der Waals surface area contributed by atoms with Crippen LogP contribution in [0.5, 0.6) is 0 Å². The van der Waals surface area contributed by atoms with E-state index in [1.165, 1.54) is 5.56 Å². The summed E-state index contributed by atoms with van der Waals surface area (Å²) in [5.41, 5.74) is 2.40. The maximum atomic E-state index is 4.18. The van der Waals surface area contributed by atoms with Crippen LogP contribution in [0.3, 0.4) is 0 Å². The third kappa shape index (κ3) is 1.69. The van der Waals surface area contributed by atoms with Gasteiger partial charge in [-0.25, -0.2) is 0 Å². The Kier molecular flexibility index (Phi) is 2.25. The molecule has 0 saturated carbocycles. The zero-order valence-corrected chi connectivity index (χ0v) is 7.70. The molecule has 0 bridgehead atoms. The molecule has 3 nitrogen and oxygen atoms in total. The number of benzene rings is 1. The number of hydrogen-bond donors (Lipinski definition) is 1. The molecule has 1 unspecified atom stereocenters. The van der Waals surface area contributed by atoms with E-state index in [0.29, 0.717) is 0 Å². The molecule has 2 rings (SSSR count). The summed E-state index contributed by atoms with van der Waals surface area (Å²) < 4.78 is 0. The fraction of sp³-hybridized carbons (Fsp3) is 0.400. The van der Waals surface area contributed by atoms with E-state index in [1.54, 1.807) is 0 Å². The van der Waals surface area contributed by atoms with Gasteiger partial charge in [-0.2, -0.15) is 10.2 Å². The maximum Gasteiger partial charge on any atom is 0.0976 e. The summed E-state index contributed by atoms with van der Waals surface area (Å²) in [4.78, 5) is 0. The molecule has 1 aromatic carbocycles. The van der Waals surface area contributed by atoms with Crippen LogP contribution in [0, 0.1) is 0 Å². The van der Waals surface area contributed by atoms with E-state index in [4.69, 9.17) is 0 Å². The first-order valence-electron chi connectivity index (χ1n) is 4.54. The average molecular weight is 175 g/mol. The molecule has 68 valence electrons. The van der Waals surface area contributed by atoms with Crippen LogP contribution in [-0.4, -0.2) is 13.6 Å². The van der Waals surface area contributed by atoms with E-state index in [-0.39, 0.29) is 6.04 Å². The first kappa shape index (κ1) is 8.23. The van der Waals surface area contributed by atoms with Gasteiger partial charge in [0.25, 0.3) is 0 Å². The first-order valence-corrected chi connectivity index (χ1v) is 4.54. The molecule has 13 heavy (non-hydrogen) atoms. The van der Waals surface area contributed by atoms with E-state index in [1.807, 2.05) is 7.05 Å². The second kappa shape index (κ2) is 3.56. The first-order chi connectivity index (χ1) is 6.40. The molecule has 1 aliphatic rings. The number of nitrogens with one attached hydrogen (secondary N) is 1. The van der Waals surface area contributed by atoms with Crippen LogP contribution in [0.4, 0.5) is 5.69 Å². The summed E-state index contributed by atoms with van der Waals surface area (Å²) in [5.74, 6) is 0. The molecule has 0 aliphatic carbocycles. The molecule has 0 spiro atoms. The number of hydrogen-bond acceptors (Lipinski definition) is 3. The summed E-state index contributed by atoms with van der Waals surface area (Å²) in [6, 6.07) is 8.63. The van der Waals surface area contributed by atoms with E-state index >= 15 is 0 Å². The lowest BCUT2D eigenvalue weighted by Crippen LogP contribution is -1.94. The Morgan fingerprint density at radius 2 is 2.38 bits per heavy atom. The summed E-state index contributed by atoms with van der Waals surface area (Å²) in [5, 5.41) is 11.3. The molecule has 1 atom stereocenters. The van der Waals surface area contributed by atoms with E-state index in [0.717, 1.165) is 18.7 Å². The van der Waals surface area contributed by atoms with Gasteiger partial charge in [-0.15, -0.1) is 0 Å². The second-order valence-corrected chi connectivity index (χ2v) is 3.16. The summed E-state index contributed by atoms with van der Waals surface area (Å²) in [6.45, 7) is 0.869. The lowest BCUT2D eigenvalue weighted by Gasteiger charge is -2.07. The van der Waals surface area contributed by atoms with Gasteiger partial charge in [-0.3, -0.25) is 0 Å². The Balaban J connectivity index is 2.24. The minimum absolute atomic E-state index is 0.285. The molecule has 0 saturated heterocycles. The van der Waals surface area contributed by atoms with Crippen molar-refractivity contribution in [3.05, 3.63) is 29.8 Å². The normalized spacial score (nSPS) is 20.5. The monoisotopic (exact) mass is 175 g/mol. The highest BCUT2D eigenvalue weighted by Gasteiger charge is 2.14. The number of rotatable bonds is 2. The molecule has 0 radical (unpaired) electrons. The van der Waals surface area contributed by atoms with Crippen LogP contribution >= 0.6 is 0 Å². The zero-order chi connectivity index (χ0) is 9.10. The van der Waals surface area contributed by atoms with Crippen LogP contribution in [0.15, 0.2) is 34.5 Å². The van der Waals surface area contributed by atoms with Gasteiger partial charge < -0.3 is 5.32 Å². The average Bonchev–Trinajstić information content (AvgIpc) is 2.71. The Morgan fingerprint density at radius 3 is 3.08 bits per heavy atom. The SMILES string of the molecule is CNc1cccc(C2CCN=N2)c1. The summed E-state index contributed by atoms with van der Waals surface area (Å²) in [7, 11) is 1.93. The smallest absolute Gasteiger partial charge is 0.0976 e. The molecule has 0 amide bonds. The highest BCUT2D eigenvalue weighted by molar-refractivity contribution is 5.45. The Labute approximate surface area is 77.9 Å². The van der Waals surface area contributed by atoms with E-state index in [9.17, 15) is 0 Å².